The number of benzene rings is 3. The van der Waals surface area contributed by atoms with E-state index in [1.807, 2.05) is 47.5 Å². The zero-order chi connectivity index (χ0) is 22.9. The third-order valence-electron chi connectivity index (χ3n) is 5.73. The molecule has 0 saturated carbocycles. The Balaban J connectivity index is 1.59. The number of anilines is 1. The van der Waals surface area contributed by atoms with E-state index in [0.717, 1.165) is 16.6 Å². The molecule has 2 heterocycles. The first-order valence-corrected chi connectivity index (χ1v) is 10.4. The molecular weight excluding hydrogens is 420 g/mol. The number of ether oxygens (including phenoxy) is 1. The second kappa shape index (κ2) is 8.27. The monoisotopic (exact) mass is 440 g/mol. The van der Waals surface area contributed by atoms with E-state index >= 15 is 0 Å². The van der Waals surface area contributed by atoms with Crippen molar-refractivity contribution in [2.45, 2.75) is 12.5 Å². The van der Waals surface area contributed by atoms with Crippen molar-refractivity contribution in [3.05, 3.63) is 106 Å². The minimum Gasteiger partial charge on any atom is -0.497 e. The molecule has 7 nitrogen and oxygen atoms in total. The molecule has 7 heteroatoms. The summed E-state index contributed by atoms with van der Waals surface area (Å²) < 4.78 is 10.8. The lowest BCUT2D eigenvalue weighted by Crippen LogP contribution is -2.18. The predicted octanol–water partition coefficient (Wildman–Crippen LogP) is 4.86. The fourth-order valence-electron chi connectivity index (χ4n) is 4.02. The molecule has 33 heavy (non-hydrogen) atoms. The van der Waals surface area contributed by atoms with Crippen LogP contribution in [0.15, 0.2) is 93.2 Å². The maximum atomic E-state index is 12.9. The van der Waals surface area contributed by atoms with Gasteiger partial charge in [-0.15, -0.1) is 0 Å². The zero-order valence-electron chi connectivity index (χ0n) is 17.8. The molecule has 164 valence electrons. The van der Waals surface area contributed by atoms with Crippen LogP contribution in [0.3, 0.4) is 0 Å². The van der Waals surface area contributed by atoms with Crippen molar-refractivity contribution in [3.63, 3.8) is 0 Å². The van der Waals surface area contributed by atoms with Gasteiger partial charge in [0.25, 0.3) is 0 Å². The van der Waals surface area contributed by atoms with Crippen LogP contribution in [0.1, 0.15) is 33.9 Å². The maximum absolute atomic E-state index is 12.9. The maximum Gasteiger partial charge on any atom is 0.345 e. The summed E-state index contributed by atoms with van der Waals surface area (Å²) in [5.41, 5.74) is 2.96. The number of fused-ring (bicyclic) bond motifs is 1. The average Bonchev–Trinajstić information content (AvgIpc) is 3.29. The molecule has 0 amide bonds. The first-order valence-electron chi connectivity index (χ1n) is 10.4. The lowest BCUT2D eigenvalue weighted by atomic mass is 9.98. The van der Waals surface area contributed by atoms with Gasteiger partial charge >= 0.3 is 11.6 Å². The standard InChI is InChI=1S/C26H20N2O5/c1-32-20-12-9-18-13-21(26(31)33-24(18)14-20)22-15-23(16-5-3-2-4-6-16)28(27-22)19-10-7-17(8-11-19)25(29)30/h2-14,23H,15H2,1H3,(H,29,30). The second-order valence-electron chi connectivity index (χ2n) is 7.73. The highest BCUT2D eigenvalue weighted by molar-refractivity contribution is 6.04. The lowest BCUT2D eigenvalue weighted by Gasteiger charge is -2.24. The van der Waals surface area contributed by atoms with Crippen LogP contribution in [0.4, 0.5) is 5.69 Å². The predicted molar refractivity (Wildman–Crippen MR) is 125 cm³/mol. The van der Waals surface area contributed by atoms with Gasteiger partial charge in [-0.1, -0.05) is 30.3 Å². The number of hydrazone groups is 1. The zero-order valence-corrected chi connectivity index (χ0v) is 17.8. The van der Waals surface area contributed by atoms with E-state index in [1.54, 1.807) is 43.5 Å². The van der Waals surface area contributed by atoms with Crippen molar-refractivity contribution in [3.8, 4) is 5.75 Å². The summed E-state index contributed by atoms with van der Waals surface area (Å²) in [7, 11) is 1.56. The number of hydrogen-bond acceptors (Lipinski definition) is 6. The normalized spacial score (nSPS) is 15.5. The van der Waals surface area contributed by atoms with Crippen molar-refractivity contribution < 1.29 is 19.1 Å². The Hall–Kier alpha value is -4.39. The minimum absolute atomic E-state index is 0.150. The molecule has 5 rings (SSSR count). The number of rotatable bonds is 5. The average molecular weight is 440 g/mol. The van der Waals surface area contributed by atoms with Crippen molar-refractivity contribution in [1.82, 2.24) is 0 Å². The largest absolute Gasteiger partial charge is 0.497 e. The van der Waals surface area contributed by atoms with Gasteiger partial charge in [0.2, 0.25) is 0 Å². The molecule has 3 aromatic carbocycles. The Morgan fingerprint density at radius 1 is 1.06 bits per heavy atom. The van der Waals surface area contributed by atoms with Gasteiger partial charge in [0.15, 0.2) is 0 Å². The topological polar surface area (TPSA) is 92.3 Å². The number of nitrogens with zero attached hydrogens (tertiary/aromatic N) is 2. The van der Waals surface area contributed by atoms with Gasteiger partial charge in [0.05, 0.1) is 35.7 Å². The molecule has 1 aromatic heterocycles. The molecule has 1 aliphatic heterocycles. The third kappa shape index (κ3) is 3.85. The van der Waals surface area contributed by atoms with Gasteiger partial charge in [-0.25, -0.2) is 9.59 Å². The van der Waals surface area contributed by atoms with Crippen molar-refractivity contribution in [2.75, 3.05) is 12.1 Å². The smallest absolute Gasteiger partial charge is 0.345 e. The molecule has 1 unspecified atom stereocenters. The Kier molecular flexibility index (Phi) is 5.14. The van der Waals surface area contributed by atoms with E-state index in [-0.39, 0.29) is 11.6 Å². The third-order valence-corrected chi connectivity index (χ3v) is 5.73. The first-order chi connectivity index (χ1) is 16.0. The number of carboxylic acid groups (broad SMARTS) is 1. The fourth-order valence-corrected chi connectivity index (χ4v) is 4.02. The fraction of sp³-hybridized carbons (Fsp3) is 0.115. The molecule has 0 radical (unpaired) electrons. The van der Waals surface area contributed by atoms with Crippen LogP contribution < -0.4 is 15.4 Å². The Morgan fingerprint density at radius 3 is 2.52 bits per heavy atom. The lowest BCUT2D eigenvalue weighted by molar-refractivity contribution is 0.0697. The van der Waals surface area contributed by atoms with Crippen molar-refractivity contribution in [1.29, 1.82) is 0 Å². The van der Waals surface area contributed by atoms with Gasteiger partial charge in [-0.05, 0) is 48.0 Å². The van der Waals surface area contributed by atoms with Gasteiger partial charge in [-0.3, -0.25) is 5.01 Å². The number of hydrogen-bond donors (Lipinski definition) is 1. The molecule has 0 aliphatic carbocycles. The van der Waals surface area contributed by atoms with Crippen molar-refractivity contribution in [2.24, 2.45) is 5.10 Å². The molecule has 0 bridgehead atoms. The van der Waals surface area contributed by atoms with Crippen LogP contribution in [0.5, 0.6) is 5.75 Å². The highest BCUT2D eigenvalue weighted by Crippen LogP contribution is 2.36. The van der Waals surface area contributed by atoms with E-state index in [2.05, 4.69) is 0 Å². The Bertz CT molecular complexity index is 1430. The van der Waals surface area contributed by atoms with Crippen LogP contribution in [-0.2, 0) is 0 Å². The molecule has 0 fully saturated rings. The minimum atomic E-state index is -0.989. The molecular formula is C26H20N2O5. The van der Waals surface area contributed by atoms with Crippen LogP contribution in [0, 0.1) is 0 Å². The van der Waals surface area contributed by atoms with Crippen LogP contribution >= 0.6 is 0 Å². The summed E-state index contributed by atoms with van der Waals surface area (Å²) in [4.78, 5) is 24.1. The number of carboxylic acids is 1. The highest BCUT2D eigenvalue weighted by Gasteiger charge is 2.31. The van der Waals surface area contributed by atoms with E-state index in [9.17, 15) is 14.7 Å². The summed E-state index contributed by atoms with van der Waals surface area (Å²) in [6, 6.07) is 23.4. The molecule has 0 saturated heterocycles. The van der Waals surface area contributed by atoms with E-state index in [0.29, 0.717) is 29.0 Å². The summed E-state index contributed by atoms with van der Waals surface area (Å²) in [5.74, 6) is -0.381. The molecule has 0 spiro atoms. The van der Waals surface area contributed by atoms with E-state index < -0.39 is 11.6 Å². The molecule has 1 N–H and O–H groups in total. The van der Waals surface area contributed by atoms with E-state index in [4.69, 9.17) is 14.3 Å². The Labute approximate surface area is 189 Å². The second-order valence-corrected chi connectivity index (χ2v) is 7.73. The van der Waals surface area contributed by atoms with Gasteiger partial charge < -0.3 is 14.3 Å². The van der Waals surface area contributed by atoms with Crippen LogP contribution in [0.2, 0.25) is 0 Å². The van der Waals surface area contributed by atoms with Crippen molar-refractivity contribution >= 4 is 28.3 Å². The van der Waals surface area contributed by atoms with Crippen LogP contribution in [-0.4, -0.2) is 23.9 Å². The summed E-state index contributed by atoms with van der Waals surface area (Å²) >= 11 is 0. The number of carbonyl (C=O) groups is 1. The summed E-state index contributed by atoms with van der Waals surface area (Å²) in [6.07, 6.45) is 0.497. The summed E-state index contributed by atoms with van der Waals surface area (Å²) in [5, 5.41) is 16.6. The Morgan fingerprint density at radius 2 is 1.82 bits per heavy atom. The number of methoxy groups -OCH3 is 1. The molecule has 1 atom stereocenters. The van der Waals surface area contributed by atoms with Gasteiger partial charge in [-0.2, -0.15) is 5.10 Å². The van der Waals surface area contributed by atoms with E-state index in [1.165, 1.54) is 0 Å². The highest BCUT2D eigenvalue weighted by atomic mass is 16.5. The first kappa shape index (κ1) is 20.5. The quantitative estimate of drug-likeness (QED) is 0.446. The SMILES string of the molecule is COc1ccc2cc(C3=NN(c4ccc(C(=O)O)cc4)C(c4ccccc4)C3)c(=O)oc2c1. The summed E-state index contributed by atoms with van der Waals surface area (Å²) in [6.45, 7) is 0. The van der Waals surface area contributed by atoms with Crippen LogP contribution in [0.25, 0.3) is 11.0 Å². The molecule has 1 aliphatic rings. The number of aromatic carboxylic acids is 1. The molecule has 4 aromatic rings. The van der Waals surface area contributed by atoms with Gasteiger partial charge in [0, 0.05) is 17.9 Å². The van der Waals surface area contributed by atoms with Gasteiger partial charge in [0.1, 0.15) is 11.3 Å².